The van der Waals surface area contributed by atoms with Crippen LogP contribution in [0.3, 0.4) is 0 Å². The number of benzene rings is 1. The van der Waals surface area contributed by atoms with Crippen molar-refractivity contribution >= 4 is 27.5 Å². The summed E-state index contributed by atoms with van der Waals surface area (Å²) in [5.74, 6) is -2.80. The van der Waals surface area contributed by atoms with Gasteiger partial charge < -0.3 is 17.2 Å². The Bertz CT molecular complexity index is 682. The number of hydrogen-bond acceptors (Lipinski definition) is 5. The third-order valence-corrected chi connectivity index (χ3v) is 5.55. The molecule has 1 aromatic rings. The van der Waals surface area contributed by atoms with Crippen LogP contribution in [0.2, 0.25) is 0 Å². The zero-order valence-electron chi connectivity index (χ0n) is 11.8. The molecule has 22 heavy (non-hydrogen) atoms. The second-order valence-electron chi connectivity index (χ2n) is 5.33. The summed E-state index contributed by atoms with van der Waals surface area (Å²) in [5.41, 5.74) is 16.4. The van der Waals surface area contributed by atoms with Crippen molar-refractivity contribution in [2.24, 2.45) is 23.3 Å². The Kier molecular flexibility index (Phi) is 4.38. The van der Waals surface area contributed by atoms with Crippen LogP contribution in [0.1, 0.15) is 6.42 Å². The minimum absolute atomic E-state index is 0.000779. The first kappa shape index (κ1) is 16.2. The summed E-state index contributed by atoms with van der Waals surface area (Å²) < 4.78 is 26.3. The minimum atomic E-state index is -3.88. The van der Waals surface area contributed by atoms with Gasteiger partial charge in [0.15, 0.2) is 0 Å². The van der Waals surface area contributed by atoms with Gasteiger partial charge in [-0.15, -0.1) is 0 Å². The van der Waals surface area contributed by atoms with Crippen molar-refractivity contribution in [3.05, 3.63) is 24.3 Å². The Labute approximate surface area is 128 Å². The molecule has 1 aliphatic rings. The van der Waals surface area contributed by atoms with Crippen LogP contribution < -0.4 is 17.2 Å². The van der Waals surface area contributed by atoms with E-state index in [2.05, 4.69) is 0 Å². The lowest BCUT2D eigenvalue weighted by Gasteiger charge is -2.34. The summed E-state index contributed by atoms with van der Waals surface area (Å²) in [6.45, 7) is -0.146. The maximum atomic E-state index is 12.6. The fourth-order valence-corrected chi connectivity index (χ4v) is 4.08. The molecule has 1 heterocycles. The molecule has 1 saturated heterocycles. The number of carbonyl (C=O) groups is 2. The van der Waals surface area contributed by atoms with Crippen LogP contribution in [0.25, 0.3) is 0 Å². The van der Waals surface area contributed by atoms with Crippen LogP contribution in [0.4, 0.5) is 5.69 Å². The lowest BCUT2D eigenvalue weighted by atomic mass is 9.89. The summed E-state index contributed by atoms with van der Waals surface area (Å²) in [7, 11) is -3.88. The molecule has 2 unspecified atom stereocenters. The average Bonchev–Trinajstić information content (AvgIpc) is 2.46. The first-order valence-electron chi connectivity index (χ1n) is 6.66. The molecule has 6 N–H and O–H groups in total. The number of nitrogens with two attached hydrogens (primary N) is 3. The molecule has 2 atom stereocenters. The van der Waals surface area contributed by atoms with Gasteiger partial charge in [-0.3, -0.25) is 9.59 Å². The van der Waals surface area contributed by atoms with E-state index in [1.54, 1.807) is 6.07 Å². The summed E-state index contributed by atoms with van der Waals surface area (Å²) >= 11 is 0. The van der Waals surface area contributed by atoms with Crippen molar-refractivity contribution in [1.29, 1.82) is 0 Å². The van der Waals surface area contributed by atoms with Gasteiger partial charge in [-0.25, -0.2) is 8.42 Å². The van der Waals surface area contributed by atoms with Crippen LogP contribution >= 0.6 is 0 Å². The molecule has 0 radical (unpaired) electrons. The summed E-state index contributed by atoms with van der Waals surface area (Å²) in [4.78, 5) is 22.8. The van der Waals surface area contributed by atoms with Crippen LogP contribution in [-0.2, 0) is 19.6 Å². The molecule has 2 amide bonds. The first-order chi connectivity index (χ1) is 10.2. The highest BCUT2D eigenvalue weighted by Crippen LogP contribution is 2.27. The number of nitrogens with zero attached hydrogens (tertiary/aromatic N) is 1. The van der Waals surface area contributed by atoms with E-state index in [1.807, 2.05) is 0 Å². The molecule has 0 aliphatic carbocycles. The Morgan fingerprint density at radius 3 is 2.09 bits per heavy atom. The van der Waals surface area contributed by atoms with E-state index in [0.29, 0.717) is 5.69 Å². The van der Waals surface area contributed by atoms with E-state index in [1.165, 1.54) is 18.2 Å². The highest BCUT2D eigenvalue weighted by Gasteiger charge is 2.38. The van der Waals surface area contributed by atoms with E-state index < -0.39 is 33.7 Å². The quantitative estimate of drug-likeness (QED) is 0.598. The Hall–Kier alpha value is -2.13. The molecule has 2 rings (SSSR count). The van der Waals surface area contributed by atoms with Gasteiger partial charge in [0.05, 0.1) is 16.7 Å². The standard InChI is InChI=1S/C13H18N4O4S/c14-10-2-1-3-11(5-10)22(20,21)17-6-8(12(15)18)4-9(7-17)13(16)19/h1-3,5,8-9H,4,6-7,14H2,(H2,15,18)(H2,16,19). The molecule has 0 saturated carbocycles. The number of anilines is 1. The molecule has 0 aromatic heterocycles. The van der Waals surface area contributed by atoms with E-state index in [4.69, 9.17) is 17.2 Å². The molecule has 1 aliphatic heterocycles. The van der Waals surface area contributed by atoms with Gasteiger partial charge in [-0.1, -0.05) is 6.07 Å². The molecule has 1 fully saturated rings. The summed E-state index contributed by atoms with van der Waals surface area (Å²) in [6.07, 6.45) is 0.160. The molecule has 0 spiro atoms. The number of primary amides is 2. The van der Waals surface area contributed by atoms with Gasteiger partial charge in [-0.05, 0) is 24.6 Å². The van der Waals surface area contributed by atoms with Gasteiger partial charge >= 0.3 is 0 Å². The summed E-state index contributed by atoms with van der Waals surface area (Å²) in [6, 6.07) is 5.80. The highest BCUT2D eigenvalue weighted by molar-refractivity contribution is 7.89. The predicted molar refractivity (Wildman–Crippen MR) is 79.6 cm³/mol. The van der Waals surface area contributed by atoms with Crippen molar-refractivity contribution in [2.45, 2.75) is 11.3 Å². The van der Waals surface area contributed by atoms with Crippen molar-refractivity contribution in [3.63, 3.8) is 0 Å². The SMILES string of the molecule is NC(=O)C1CC(C(N)=O)CN(S(=O)(=O)c2cccc(N)c2)C1. The van der Waals surface area contributed by atoms with Crippen molar-refractivity contribution in [2.75, 3.05) is 18.8 Å². The molecule has 1 aromatic carbocycles. The van der Waals surface area contributed by atoms with Crippen LogP contribution in [0.15, 0.2) is 29.2 Å². The highest BCUT2D eigenvalue weighted by atomic mass is 32.2. The largest absolute Gasteiger partial charge is 0.399 e. The van der Waals surface area contributed by atoms with Crippen LogP contribution in [0.5, 0.6) is 0 Å². The first-order valence-corrected chi connectivity index (χ1v) is 8.10. The summed E-state index contributed by atoms with van der Waals surface area (Å²) in [5, 5.41) is 0. The van der Waals surface area contributed by atoms with Gasteiger partial charge in [0, 0.05) is 18.8 Å². The maximum Gasteiger partial charge on any atom is 0.243 e. The molecule has 0 bridgehead atoms. The normalized spacial score (nSPS) is 23.1. The van der Waals surface area contributed by atoms with E-state index >= 15 is 0 Å². The average molecular weight is 326 g/mol. The number of nitrogen functional groups attached to an aromatic ring is 1. The molecular weight excluding hydrogens is 308 g/mol. The van der Waals surface area contributed by atoms with Gasteiger partial charge in [0.1, 0.15) is 0 Å². The molecule has 120 valence electrons. The lowest BCUT2D eigenvalue weighted by molar-refractivity contribution is -0.127. The van der Waals surface area contributed by atoms with E-state index in [0.717, 1.165) is 4.31 Å². The lowest BCUT2D eigenvalue weighted by Crippen LogP contribution is -2.50. The van der Waals surface area contributed by atoms with Crippen molar-refractivity contribution < 1.29 is 18.0 Å². The van der Waals surface area contributed by atoms with Crippen LogP contribution in [-0.4, -0.2) is 37.6 Å². The fourth-order valence-electron chi connectivity index (χ4n) is 2.49. The molecule has 8 nitrogen and oxygen atoms in total. The number of amides is 2. The second kappa shape index (κ2) is 5.93. The van der Waals surface area contributed by atoms with Gasteiger partial charge in [0.2, 0.25) is 21.8 Å². The predicted octanol–water partition coefficient (Wildman–Crippen LogP) is -1.13. The van der Waals surface area contributed by atoms with Crippen LogP contribution in [0, 0.1) is 11.8 Å². The molecular formula is C13H18N4O4S. The third-order valence-electron chi connectivity index (χ3n) is 3.72. The Morgan fingerprint density at radius 2 is 1.64 bits per heavy atom. The van der Waals surface area contributed by atoms with E-state index in [-0.39, 0.29) is 24.4 Å². The van der Waals surface area contributed by atoms with Crippen molar-refractivity contribution in [3.8, 4) is 0 Å². The fraction of sp³-hybridized carbons (Fsp3) is 0.385. The number of hydrogen-bond donors (Lipinski definition) is 3. The number of piperidine rings is 1. The minimum Gasteiger partial charge on any atom is -0.399 e. The number of sulfonamides is 1. The molecule has 9 heteroatoms. The topological polar surface area (TPSA) is 150 Å². The monoisotopic (exact) mass is 326 g/mol. The zero-order valence-corrected chi connectivity index (χ0v) is 12.6. The number of rotatable bonds is 4. The van der Waals surface area contributed by atoms with E-state index in [9.17, 15) is 18.0 Å². The van der Waals surface area contributed by atoms with Gasteiger partial charge in [0.25, 0.3) is 0 Å². The number of carbonyl (C=O) groups excluding carboxylic acids is 2. The van der Waals surface area contributed by atoms with Crippen molar-refractivity contribution in [1.82, 2.24) is 4.31 Å². The third kappa shape index (κ3) is 3.20. The maximum absolute atomic E-state index is 12.6. The second-order valence-corrected chi connectivity index (χ2v) is 7.27. The smallest absolute Gasteiger partial charge is 0.243 e. The zero-order chi connectivity index (χ0) is 16.5. The van der Waals surface area contributed by atoms with Gasteiger partial charge in [-0.2, -0.15) is 4.31 Å². The Balaban J connectivity index is 2.36. The Morgan fingerprint density at radius 1 is 1.09 bits per heavy atom.